The lowest BCUT2D eigenvalue weighted by atomic mass is 10.00. The van der Waals surface area contributed by atoms with E-state index in [-0.39, 0.29) is 18.6 Å². The van der Waals surface area contributed by atoms with Crippen LogP contribution in [0.3, 0.4) is 0 Å². The van der Waals surface area contributed by atoms with E-state index in [1.165, 1.54) is 4.31 Å². The molecule has 1 fully saturated rings. The zero-order valence-electron chi connectivity index (χ0n) is 12.0. The highest BCUT2D eigenvalue weighted by Crippen LogP contribution is 2.22. The van der Waals surface area contributed by atoms with Gasteiger partial charge in [0.15, 0.2) is 0 Å². The van der Waals surface area contributed by atoms with Gasteiger partial charge in [-0.25, -0.2) is 0 Å². The fourth-order valence-electron chi connectivity index (χ4n) is 2.47. The molecule has 5 nitrogen and oxygen atoms in total. The van der Waals surface area contributed by atoms with Gasteiger partial charge in [-0.1, -0.05) is 23.7 Å². The van der Waals surface area contributed by atoms with Crippen LogP contribution in [0.2, 0.25) is 5.02 Å². The molecule has 1 saturated heterocycles. The SMILES string of the molecule is CC(NS(=O)(=O)N1CCC(CO)CC1)c1cccc(Cl)c1. The minimum Gasteiger partial charge on any atom is -0.396 e. The molecule has 0 aliphatic carbocycles. The largest absolute Gasteiger partial charge is 0.396 e. The Labute approximate surface area is 131 Å². The van der Waals surface area contributed by atoms with Gasteiger partial charge in [0.05, 0.1) is 0 Å². The third-order valence-corrected chi connectivity index (χ3v) is 5.78. The molecule has 21 heavy (non-hydrogen) atoms. The average Bonchev–Trinajstić information content (AvgIpc) is 2.47. The molecule has 1 atom stereocenters. The average molecular weight is 333 g/mol. The van der Waals surface area contributed by atoms with Crippen LogP contribution in [0.25, 0.3) is 0 Å². The van der Waals surface area contributed by atoms with Crippen LogP contribution < -0.4 is 4.72 Å². The number of nitrogens with one attached hydrogen (secondary N) is 1. The van der Waals surface area contributed by atoms with Crippen LogP contribution in [0.5, 0.6) is 0 Å². The van der Waals surface area contributed by atoms with Gasteiger partial charge in [-0.05, 0) is 43.4 Å². The molecule has 0 amide bonds. The van der Waals surface area contributed by atoms with Gasteiger partial charge in [-0.2, -0.15) is 17.4 Å². The van der Waals surface area contributed by atoms with Crippen LogP contribution in [-0.4, -0.2) is 37.5 Å². The van der Waals surface area contributed by atoms with E-state index in [1.54, 1.807) is 25.1 Å². The molecule has 0 spiro atoms. The van der Waals surface area contributed by atoms with E-state index in [1.807, 2.05) is 6.07 Å². The predicted molar refractivity (Wildman–Crippen MR) is 83.3 cm³/mol. The lowest BCUT2D eigenvalue weighted by Gasteiger charge is -2.31. The molecule has 1 aliphatic heterocycles. The summed E-state index contributed by atoms with van der Waals surface area (Å²) in [6.07, 6.45) is 1.39. The van der Waals surface area contributed by atoms with E-state index in [4.69, 9.17) is 16.7 Å². The summed E-state index contributed by atoms with van der Waals surface area (Å²) in [6, 6.07) is 6.81. The molecule has 2 N–H and O–H groups in total. The van der Waals surface area contributed by atoms with Crippen LogP contribution in [0, 0.1) is 5.92 Å². The Morgan fingerprint density at radius 1 is 1.43 bits per heavy atom. The van der Waals surface area contributed by atoms with Crippen molar-refractivity contribution in [2.24, 2.45) is 5.92 Å². The van der Waals surface area contributed by atoms with Crippen LogP contribution in [0.1, 0.15) is 31.4 Å². The van der Waals surface area contributed by atoms with Crippen molar-refractivity contribution in [2.45, 2.75) is 25.8 Å². The monoisotopic (exact) mass is 332 g/mol. The predicted octanol–water partition coefficient (Wildman–Crippen LogP) is 1.94. The molecule has 0 saturated carbocycles. The summed E-state index contributed by atoms with van der Waals surface area (Å²) in [5.74, 6) is 0.210. The van der Waals surface area contributed by atoms with Crippen molar-refractivity contribution in [2.75, 3.05) is 19.7 Å². The third-order valence-electron chi connectivity index (χ3n) is 3.85. The van der Waals surface area contributed by atoms with Crippen LogP contribution >= 0.6 is 11.6 Å². The normalized spacial score (nSPS) is 19.6. The van der Waals surface area contributed by atoms with Gasteiger partial charge in [-0.15, -0.1) is 0 Å². The maximum atomic E-state index is 12.4. The van der Waals surface area contributed by atoms with E-state index in [2.05, 4.69) is 4.72 Å². The fourth-order valence-corrected chi connectivity index (χ4v) is 4.10. The Hall–Kier alpha value is -0.660. The lowest BCUT2D eigenvalue weighted by Crippen LogP contribution is -2.46. The first-order valence-corrected chi connectivity index (χ1v) is 8.88. The number of aliphatic hydroxyl groups is 1. The van der Waals surface area contributed by atoms with Gasteiger partial charge >= 0.3 is 0 Å². The van der Waals surface area contributed by atoms with Gasteiger partial charge < -0.3 is 5.11 Å². The quantitative estimate of drug-likeness (QED) is 0.865. The number of piperidine rings is 1. The summed E-state index contributed by atoms with van der Waals surface area (Å²) in [4.78, 5) is 0. The van der Waals surface area contributed by atoms with Gasteiger partial charge in [0, 0.05) is 30.8 Å². The molecule has 1 aromatic carbocycles. The van der Waals surface area contributed by atoms with E-state index in [0.717, 1.165) is 5.56 Å². The highest BCUT2D eigenvalue weighted by atomic mass is 35.5. The summed E-state index contributed by atoms with van der Waals surface area (Å²) >= 11 is 5.93. The molecule has 118 valence electrons. The second-order valence-corrected chi connectivity index (χ2v) is 7.56. The number of nitrogens with zero attached hydrogens (tertiary/aromatic N) is 1. The van der Waals surface area contributed by atoms with Crippen molar-refractivity contribution in [1.82, 2.24) is 9.03 Å². The Balaban J connectivity index is 2.01. The standard InChI is InChI=1S/C14H21ClN2O3S/c1-11(13-3-2-4-14(15)9-13)16-21(19,20)17-7-5-12(10-18)6-8-17/h2-4,9,11-12,16,18H,5-8,10H2,1H3. The Morgan fingerprint density at radius 2 is 2.10 bits per heavy atom. The number of hydrogen-bond donors (Lipinski definition) is 2. The molecule has 2 rings (SSSR count). The molecule has 7 heteroatoms. The minimum atomic E-state index is -3.52. The van der Waals surface area contributed by atoms with Crippen molar-refractivity contribution in [3.63, 3.8) is 0 Å². The second-order valence-electron chi connectivity index (χ2n) is 5.42. The van der Waals surface area contributed by atoms with E-state index < -0.39 is 10.2 Å². The van der Waals surface area contributed by atoms with Crippen LogP contribution in [0.15, 0.2) is 24.3 Å². The summed E-state index contributed by atoms with van der Waals surface area (Å²) in [5.41, 5.74) is 0.830. The molecular formula is C14H21ClN2O3S. The summed E-state index contributed by atoms with van der Waals surface area (Å²) in [6.45, 7) is 2.82. The van der Waals surface area contributed by atoms with Crippen molar-refractivity contribution < 1.29 is 13.5 Å². The topological polar surface area (TPSA) is 69.6 Å². The van der Waals surface area contributed by atoms with E-state index in [9.17, 15) is 8.42 Å². The molecule has 1 heterocycles. The number of rotatable bonds is 5. The maximum absolute atomic E-state index is 12.4. The molecular weight excluding hydrogens is 312 g/mol. The first-order chi connectivity index (χ1) is 9.92. The number of halogens is 1. The first-order valence-electron chi connectivity index (χ1n) is 7.06. The smallest absolute Gasteiger partial charge is 0.279 e. The Kier molecular flexibility index (Phi) is 5.62. The number of benzene rings is 1. The third kappa shape index (κ3) is 4.40. The first kappa shape index (κ1) is 16.7. The second kappa shape index (κ2) is 7.07. The number of hydrogen-bond acceptors (Lipinski definition) is 3. The van der Waals surface area contributed by atoms with Crippen molar-refractivity contribution in [1.29, 1.82) is 0 Å². The maximum Gasteiger partial charge on any atom is 0.279 e. The summed E-state index contributed by atoms with van der Waals surface area (Å²) in [7, 11) is -3.52. The number of aliphatic hydroxyl groups excluding tert-OH is 1. The molecule has 1 aromatic rings. The van der Waals surface area contributed by atoms with E-state index >= 15 is 0 Å². The van der Waals surface area contributed by atoms with Crippen molar-refractivity contribution in [3.8, 4) is 0 Å². The fraction of sp³-hybridized carbons (Fsp3) is 0.571. The highest BCUT2D eigenvalue weighted by Gasteiger charge is 2.28. The Morgan fingerprint density at radius 3 is 2.67 bits per heavy atom. The molecule has 0 aromatic heterocycles. The van der Waals surface area contributed by atoms with Gasteiger partial charge in [0.2, 0.25) is 0 Å². The van der Waals surface area contributed by atoms with E-state index in [0.29, 0.717) is 31.0 Å². The molecule has 1 unspecified atom stereocenters. The summed E-state index contributed by atoms with van der Waals surface area (Å²) in [5, 5.41) is 9.69. The molecule has 0 bridgehead atoms. The highest BCUT2D eigenvalue weighted by molar-refractivity contribution is 7.87. The minimum absolute atomic E-state index is 0.125. The molecule has 0 radical (unpaired) electrons. The van der Waals surface area contributed by atoms with Crippen LogP contribution in [0.4, 0.5) is 0 Å². The van der Waals surface area contributed by atoms with Crippen LogP contribution in [-0.2, 0) is 10.2 Å². The lowest BCUT2D eigenvalue weighted by molar-refractivity contribution is 0.169. The molecule has 1 aliphatic rings. The van der Waals surface area contributed by atoms with Crippen molar-refractivity contribution >= 4 is 21.8 Å². The van der Waals surface area contributed by atoms with Gasteiger partial charge in [0.25, 0.3) is 10.2 Å². The summed E-state index contributed by atoms with van der Waals surface area (Å²) < 4.78 is 28.9. The van der Waals surface area contributed by atoms with Crippen molar-refractivity contribution in [3.05, 3.63) is 34.9 Å². The zero-order valence-corrected chi connectivity index (χ0v) is 13.6. The van der Waals surface area contributed by atoms with Gasteiger partial charge in [-0.3, -0.25) is 0 Å². The Bertz CT molecular complexity index is 571. The van der Waals surface area contributed by atoms with Gasteiger partial charge in [0.1, 0.15) is 0 Å². The zero-order chi connectivity index (χ0) is 15.5.